The lowest BCUT2D eigenvalue weighted by Crippen LogP contribution is -2.31. The molecule has 0 aromatic heterocycles. The van der Waals surface area contributed by atoms with E-state index in [1.807, 2.05) is 38.1 Å². The minimum Gasteiger partial charge on any atom is -0.494 e. The Morgan fingerprint density at radius 3 is 2.57 bits per heavy atom. The number of carbonyl (C=O) groups excluding carboxylic acids is 1. The molecule has 4 nitrogen and oxygen atoms in total. The first kappa shape index (κ1) is 17.1. The van der Waals surface area contributed by atoms with Crippen LogP contribution in [0.3, 0.4) is 0 Å². The third kappa shape index (κ3) is 4.86. The maximum atomic E-state index is 13.6. The lowest BCUT2D eigenvalue weighted by Gasteiger charge is -2.16. The van der Waals surface area contributed by atoms with Crippen LogP contribution in [0.2, 0.25) is 5.02 Å². The van der Waals surface area contributed by atoms with Gasteiger partial charge in [0, 0.05) is 5.02 Å². The van der Waals surface area contributed by atoms with Gasteiger partial charge >= 0.3 is 6.03 Å². The summed E-state index contributed by atoms with van der Waals surface area (Å²) in [6.45, 7) is 4.36. The molecule has 1 atom stereocenters. The van der Waals surface area contributed by atoms with Crippen LogP contribution in [0.15, 0.2) is 42.5 Å². The summed E-state index contributed by atoms with van der Waals surface area (Å²) >= 11 is 5.67. The van der Waals surface area contributed by atoms with Crippen LogP contribution in [0.4, 0.5) is 14.9 Å². The molecule has 0 aliphatic rings. The van der Waals surface area contributed by atoms with Crippen molar-refractivity contribution in [2.75, 3.05) is 11.9 Å². The van der Waals surface area contributed by atoms with Crippen molar-refractivity contribution in [2.45, 2.75) is 19.9 Å². The van der Waals surface area contributed by atoms with E-state index in [1.54, 1.807) is 0 Å². The van der Waals surface area contributed by atoms with E-state index >= 15 is 0 Å². The number of hydrogen-bond donors (Lipinski definition) is 2. The minimum absolute atomic E-state index is 0.0748. The van der Waals surface area contributed by atoms with E-state index in [4.69, 9.17) is 16.3 Å². The summed E-state index contributed by atoms with van der Waals surface area (Å²) in [6.07, 6.45) is 0. The summed E-state index contributed by atoms with van der Waals surface area (Å²) in [5.41, 5.74) is 0.992. The smallest absolute Gasteiger partial charge is 0.319 e. The van der Waals surface area contributed by atoms with Crippen molar-refractivity contribution in [3.63, 3.8) is 0 Å². The first-order valence-electron chi connectivity index (χ1n) is 7.25. The van der Waals surface area contributed by atoms with Gasteiger partial charge in [-0.2, -0.15) is 0 Å². The number of carbonyl (C=O) groups is 1. The van der Waals surface area contributed by atoms with Gasteiger partial charge in [-0.1, -0.05) is 23.7 Å². The van der Waals surface area contributed by atoms with Gasteiger partial charge in [-0.3, -0.25) is 0 Å². The van der Waals surface area contributed by atoms with Crippen LogP contribution in [-0.2, 0) is 0 Å². The Morgan fingerprint density at radius 1 is 1.26 bits per heavy atom. The Balaban J connectivity index is 1.96. The molecule has 0 unspecified atom stereocenters. The lowest BCUT2D eigenvalue weighted by molar-refractivity contribution is 0.249. The first-order valence-corrected chi connectivity index (χ1v) is 7.62. The van der Waals surface area contributed by atoms with E-state index in [0.29, 0.717) is 6.61 Å². The van der Waals surface area contributed by atoms with Crippen LogP contribution in [0.25, 0.3) is 0 Å². The van der Waals surface area contributed by atoms with Gasteiger partial charge in [-0.05, 0) is 49.7 Å². The average Bonchev–Trinajstić information content (AvgIpc) is 2.51. The Morgan fingerprint density at radius 2 is 1.96 bits per heavy atom. The van der Waals surface area contributed by atoms with Crippen molar-refractivity contribution in [1.82, 2.24) is 5.32 Å². The molecule has 0 aliphatic carbocycles. The molecule has 122 valence electrons. The van der Waals surface area contributed by atoms with E-state index in [9.17, 15) is 9.18 Å². The lowest BCUT2D eigenvalue weighted by atomic mass is 10.1. The molecule has 0 saturated heterocycles. The predicted molar refractivity (Wildman–Crippen MR) is 89.6 cm³/mol. The van der Waals surface area contributed by atoms with Gasteiger partial charge in [0.05, 0.1) is 18.3 Å². The highest BCUT2D eigenvalue weighted by Gasteiger charge is 2.12. The van der Waals surface area contributed by atoms with Gasteiger partial charge in [0.1, 0.15) is 11.6 Å². The third-order valence-corrected chi connectivity index (χ3v) is 3.45. The maximum Gasteiger partial charge on any atom is 0.319 e. The topological polar surface area (TPSA) is 50.4 Å². The number of ether oxygens (including phenoxy) is 1. The highest BCUT2D eigenvalue weighted by Crippen LogP contribution is 2.20. The van der Waals surface area contributed by atoms with Gasteiger partial charge in [-0.25, -0.2) is 9.18 Å². The quantitative estimate of drug-likeness (QED) is 0.827. The Hall–Kier alpha value is -2.27. The third-order valence-electron chi connectivity index (χ3n) is 3.22. The molecular weight excluding hydrogens is 319 g/mol. The van der Waals surface area contributed by atoms with Crippen LogP contribution in [0, 0.1) is 5.82 Å². The molecule has 0 fully saturated rings. The van der Waals surface area contributed by atoms with Crippen LogP contribution in [0.5, 0.6) is 5.75 Å². The fraction of sp³-hybridized carbons (Fsp3) is 0.235. The number of amides is 2. The number of halogens is 2. The van der Waals surface area contributed by atoms with E-state index < -0.39 is 11.8 Å². The molecule has 2 rings (SSSR count). The van der Waals surface area contributed by atoms with Crippen LogP contribution >= 0.6 is 11.6 Å². The molecule has 0 bridgehead atoms. The second kappa shape index (κ2) is 7.83. The molecule has 2 amide bonds. The number of nitrogens with one attached hydrogen (secondary N) is 2. The van der Waals surface area contributed by atoms with E-state index in [1.165, 1.54) is 12.1 Å². The van der Waals surface area contributed by atoms with Gasteiger partial charge in [0.2, 0.25) is 0 Å². The molecule has 0 spiro atoms. The molecule has 0 heterocycles. The first-order chi connectivity index (χ1) is 11.0. The van der Waals surface area contributed by atoms with Crippen molar-refractivity contribution in [3.8, 4) is 5.75 Å². The summed E-state index contributed by atoms with van der Waals surface area (Å²) in [5, 5.41) is 5.48. The fourth-order valence-corrected chi connectivity index (χ4v) is 2.21. The molecule has 0 saturated carbocycles. The highest BCUT2D eigenvalue weighted by atomic mass is 35.5. The Kier molecular flexibility index (Phi) is 5.82. The largest absolute Gasteiger partial charge is 0.494 e. The van der Waals surface area contributed by atoms with Gasteiger partial charge in [0.25, 0.3) is 0 Å². The molecule has 2 N–H and O–H groups in total. The maximum absolute atomic E-state index is 13.6. The number of benzene rings is 2. The standard InChI is InChI=1S/C17H18ClFN2O2/c1-3-23-14-7-4-12(5-8-14)11(2)20-17(22)21-16-9-6-13(18)10-15(16)19/h4-11H,3H2,1-2H3,(H2,20,21,22)/t11-/m0/s1. The van der Waals surface area contributed by atoms with Crippen LogP contribution < -0.4 is 15.4 Å². The van der Waals surface area contributed by atoms with Gasteiger partial charge < -0.3 is 15.4 Å². The summed E-state index contributed by atoms with van der Waals surface area (Å²) in [6, 6.07) is 10.8. The zero-order valence-corrected chi connectivity index (χ0v) is 13.7. The molecule has 2 aromatic rings. The monoisotopic (exact) mass is 336 g/mol. The second-order valence-electron chi connectivity index (χ2n) is 4.95. The molecule has 2 aromatic carbocycles. The van der Waals surface area contributed by atoms with Crippen LogP contribution in [-0.4, -0.2) is 12.6 Å². The SMILES string of the molecule is CCOc1ccc([C@H](C)NC(=O)Nc2ccc(Cl)cc2F)cc1. The minimum atomic E-state index is -0.582. The zero-order valence-electron chi connectivity index (χ0n) is 12.9. The Labute approximate surface area is 139 Å². The van der Waals surface area contributed by atoms with E-state index in [2.05, 4.69) is 10.6 Å². The molecular formula is C17H18ClFN2O2. The van der Waals surface area contributed by atoms with Crippen molar-refractivity contribution in [2.24, 2.45) is 0 Å². The number of rotatable bonds is 5. The number of urea groups is 1. The molecule has 23 heavy (non-hydrogen) atoms. The predicted octanol–water partition coefficient (Wildman–Crippen LogP) is 4.76. The Bertz CT molecular complexity index is 677. The van der Waals surface area contributed by atoms with Crippen molar-refractivity contribution in [1.29, 1.82) is 0 Å². The van der Waals surface area contributed by atoms with Crippen molar-refractivity contribution < 1.29 is 13.9 Å². The van der Waals surface area contributed by atoms with Crippen LogP contribution in [0.1, 0.15) is 25.5 Å². The normalized spacial score (nSPS) is 11.7. The molecule has 0 aliphatic heterocycles. The molecule has 6 heteroatoms. The van der Waals surface area contributed by atoms with Crippen molar-refractivity contribution in [3.05, 3.63) is 58.9 Å². The number of hydrogen-bond acceptors (Lipinski definition) is 2. The van der Waals surface area contributed by atoms with Crippen molar-refractivity contribution >= 4 is 23.3 Å². The van der Waals surface area contributed by atoms with Gasteiger partial charge in [0.15, 0.2) is 0 Å². The summed E-state index contributed by atoms with van der Waals surface area (Å²) in [7, 11) is 0. The zero-order chi connectivity index (χ0) is 16.8. The average molecular weight is 337 g/mol. The summed E-state index contributed by atoms with van der Waals surface area (Å²) in [5.74, 6) is 0.192. The molecule has 0 radical (unpaired) electrons. The summed E-state index contributed by atoms with van der Waals surface area (Å²) in [4.78, 5) is 12.0. The van der Waals surface area contributed by atoms with Gasteiger partial charge in [-0.15, -0.1) is 0 Å². The van der Waals surface area contributed by atoms with E-state index in [-0.39, 0.29) is 16.8 Å². The fourth-order valence-electron chi connectivity index (χ4n) is 2.05. The highest BCUT2D eigenvalue weighted by molar-refractivity contribution is 6.30. The van der Waals surface area contributed by atoms with E-state index in [0.717, 1.165) is 17.4 Å². The summed E-state index contributed by atoms with van der Waals surface area (Å²) < 4.78 is 19.0. The second-order valence-corrected chi connectivity index (χ2v) is 5.38. The number of anilines is 1.